The molecular weight excluding hydrogens is 270 g/mol. The van der Waals surface area contributed by atoms with E-state index in [4.69, 9.17) is 0 Å². The van der Waals surface area contributed by atoms with E-state index in [9.17, 15) is 9.90 Å². The van der Waals surface area contributed by atoms with Gasteiger partial charge in [0, 0.05) is 17.6 Å². The summed E-state index contributed by atoms with van der Waals surface area (Å²) in [5.41, 5.74) is 2.45. The Kier molecular flexibility index (Phi) is 3.30. The van der Waals surface area contributed by atoms with E-state index >= 15 is 0 Å². The monoisotopic (exact) mass is 283 g/mol. The summed E-state index contributed by atoms with van der Waals surface area (Å²) >= 11 is 3.44. The van der Waals surface area contributed by atoms with Crippen LogP contribution in [0.4, 0.5) is 0 Å². The molecule has 2 rings (SSSR count). The van der Waals surface area contributed by atoms with Crippen molar-refractivity contribution in [3.8, 4) is 0 Å². The molecule has 0 radical (unpaired) electrons. The zero-order valence-electron chi connectivity index (χ0n) is 9.11. The number of fused-ring (bicyclic) bond motifs is 1. The minimum atomic E-state index is -0.906. The number of aliphatic hydroxyl groups excluding tert-OH is 1. The van der Waals surface area contributed by atoms with Crippen LogP contribution in [0.25, 0.3) is 0 Å². The Balaban J connectivity index is 2.18. The fraction of sp³-hybridized carbons (Fsp3) is 0.417. The van der Waals surface area contributed by atoms with Crippen LogP contribution in [0.2, 0.25) is 0 Å². The quantitative estimate of drug-likeness (QED) is 0.853. The first-order valence-electron chi connectivity index (χ1n) is 5.32. The zero-order chi connectivity index (χ0) is 11.7. The molecule has 0 unspecified atom stereocenters. The van der Waals surface area contributed by atoms with Crippen LogP contribution in [0.3, 0.4) is 0 Å². The number of nitrogens with zero attached hydrogens (tertiary/aromatic N) is 1. The molecule has 1 atom stereocenters. The lowest BCUT2D eigenvalue weighted by Crippen LogP contribution is -2.41. The van der Waals surface area contributed by atoms with Crippen molar-refractivity contribution < 1.29 is 9.90 Å². The maximum atomic E-state index is 11.6. The van der Waals surface area contributed by atoms with Gasteiger partial charge < -0.3 is 10.0 Å². The lowest BCUT2D eigenvalue weighted by molar-refractivity contribution is -0.140. The molecule has 86 valence electrons. The van der Waals surface area contributed by atoms with Gasteiger partial charge in [-0.1, -0.05) is 22.0 Å². The predicted molar refractivity (Wildman–Crippen MR) is 64.9 cm³/mol. The molecule has 0 aliphatic carbocycles. The van der Waals surface area contributed by atoms with Gasteiger partial charge >= 0.3 is 0 Å². The van der Waals surface area contributed by atoms with E-state index in [1.165, 1.54) is 18.1 Å². The van der Waals surface area contributed by atoms with Crippen molar-refractivity contribution in [3.63, 3.8) is 0 Å². The third-order valence-electron chi connectivity index (χ3n) is 2.85. The van der Waals surface area contributed by atoms with Crippen LogP contribution in [0.5, 0.6) is 0 Å². The van der Waals surface area contributed by atoms with Crippen molar-refractivity contribution in [3.05, 3.63) is 33.8 Å². The SMILES string of the molecule is C[C@H](O)C(=O)N1CCc2cc(Br)ccc2C1. The number of amides is 1. The average molecular weight is 284 g/mol. The number of benzene rings is 1. The molecule has 1 aromatic carbocycles. The van der Waals surface area contributed by atoms with E-state index in [2.05, 4.69) is 22.0 Å². The standard InChI is InChI=1S/C12H14BrNO2/c1-8(15)12(16)14-5-4-9-6-11(13)3-2-10(9)7-14/h2-3,6,8,15H,4-5,7H2,1H3/t8-/m0/s1. The summed E-state index contributed by atoms with van der Waals surface area (Å²) in [5, 5.41) is 9.27. The van der Waals surface area contributed by atoms with Crippen molar-refractivity contribution in [1.82, 2.24) is 4.90 Å². The number of aliphatic hydroxyl groups is 1. The third-order valence-corrected chi connectivity index (χ3v) is 3.34. The number of halogens is 1. The smallest absolute Gasteiger partial charge is 0.251 e. The van der Waals surface area contributed by atoms with Gasteiger partial charge in [-0.05, 0) is 36.6 Å². The first kappa shape index (κ1) is 11.6. The molecule has 0 fully saturated rings. The molecule has 0 bridgehead atoms. The Morgan fingerprint density at radius 1 is 1.50 bits per heavy atom. The Labute approximate surface area is 103 Å². The van der Waals surface area contributed by atoms with E-state index < -0.39 is 6.10 Å². The van der Waals surface area contributed by atoms with Crippen molar-refractivity contribution >= 4 is 21.8 Å². The number of hydrogen-bond acceptors (Lipinski definition) is 2. The second-order valence-corrected chi connectivity index (χ2v) is 5.01. The van der Waals surface area contributed by atoms with Gasteiger partial charge in [0.15, 0.2) is 0 Å². The van der Waals surface area contributed by atoms with E-state index in [0.717, 1.165) is 10.9 Å². The fourth-order valence-corrected chi connectivity index (χ4v) is 2.38. The highest BCUT2D eigenvalue weighted by Crippen LogP contribution is 2.23. The molecule has 0 saturated heterocycles. The summed E-state index contributed by atoms with van der Waals surface area (Å²) in [6.07, 6.45) is -0.0512. The Hall–Kier alpha value is -0.870. The van der Waals surface area contributed by atoms with Gasteiger partial charge in [-0.3, -0.25) is 4.79 Å². The summed E-state index contributed by atoms with van der Waals surface area (Å²) in [5.74, 6) is -0.187. The molecule has 1 N–H and O–H groups in total. The summed E-state index contributed by atoms with van der Waals surface area (Å²) in [6, 6.07) is 6.11. The van der Waals surface area contributed by atoms with Crippen LogP contribution in [-0.2, 0) is 17.8 Å². The first-order chi connectivity index (χ1) is 7.58. The highest BCUT2D eigenvalue weighted by Gasteiger charge is 2.23. The van der Waals surface area contributed by atoms with Gasteiger partial charge in [0.05, 0.1) is 0 Å². The van der Waals surface area contributed by atoms with Crippen LogP contribution >= 0.6 is 15.9 Å². The van der Waals surface area contributed by atoms with Gasteiger partial charge in [0.2, 0.25) is 0 Å². The van der Waals surface area contributed by atoms with Crippen molar-refractivity contribution in [1.29, 1.82) is 0 Å². The Bertz CT molecular complexity index is 417. The molecule has 16 heavy (non-hydrogen) atoms. The second kappa shape index (κ2) is 4.55. The second-order valence-electron chi connectivity index (χ2n) is 4.10. The van der Waals surface area contributed by atoms with Crippen molar-refractivity contribution in [2.75, 3.05) is 6.54 Å². The Morgan fingerprint density at radius 3 is 2.94 bits per heavy atom. The molecule has 3 nitrogen and oxygen atoms in total. The minimum absolute atomic E-state index is 0.187. The number of carbonyl (C=O) groups is 1. The van der Waals surface area contributed by atoms with Gasteiger partial charge in [-0.2, -0.15) is 0 Å². The highest BCUT2D eigenvalue weighted by atomic mass is 79.9. The van der Waals surface area contributed by atoms with Gasteiger partial charge in [0.25, 0.3) is 5.91 Å². The average Bonchev–Trinajstić information content (AvgIpc) is 2.27. The molecule has 1 aliphatic rings. The molecule has 1 amide bonds. The molecular formula is C12H14BrNO2. The maximum Gasteiger partial charge on any atom is 0.251 e. The van der Waals surface area contributed by atoms with E-state index in [0.29, 0.717) is 13.1 Å². The van der Waals surface area contributed by atoms with Crippen molar-refractivity contribution in [2.24, 2.45) is 0 Å². The fourth-order valence-electron chi connectivity index (χ4n) is 1.97. The van der Waals surface area contributed by atoms with Gasteiger partial charge in [-0.15, -0.1) is 0 Å². The minimum Gasteiger partial charge on any atom is -0.384 e. The topological polar surface area (TPSA) is 40.5 Å². The van der Waals surface area contributed by atoms with E-state index in [1.807, 2.05) is 12.1 Å². The van der Waals surface area contributed by atoms with Gasteiger partial charge in [-0.25, -0.2) is 0 Å². The van der Waals surface area contributed by atoms with Crippen molar-refractivity contribution in [2.45, 2.75) is 26.0 Å². The number of rotatable bonds is 1. The summed E-state index contributed by atoms with van der Waals surface area (Å²) < 4.78 is 1.07. The van der Waals surface area contributed by atoms with Crippen LogP contribution in [0.1, 0.15) is 18.1 Å². The van der Waals surface area contributed by atoms with Crippen LogP contribution in [-0.4, -0.2) is 28.6 Å². The Morgan fingerprint density at radius 2 is 2.25 bits per heavy atom. The van der Waals surface area contributed by atoms with E-state index in [-0.39, 0.29) is 5.91 Å². The van der Waals surface area contributed by atoms with Gasteiger partial charge in [0.1, 0.15) is 6.10 Å². The zero-order valence-corrected chi connectivity index (χ0v) is 10.7. The third kappa shape index (κ3) is 2.28. The molecule has 1 aliphatic heterocycles. The lowest BCUT2D eigenvalue weighted by Gasteiger charge is -2.29. The van der Waals surface area contributed by atoms with Crippen LogP contribution in [0.15, 0.2) is 22.7 Å². The molecule has 0 saturated carbocycles. The van der Waals surface area contributed by atoms with Crippen LogP contribution in [0, 0.1) is 0 Å². The molecule has 1 heterocycles. The number of hydrogen-bond donors (Lipinski definition) is 1. The molecule has 4 heteroatoms. The maximum absolute atomic E-state index is 11.6. The summed E-state index contributed by atoms with van der Waals surface area (Å²) in [4.78, 5) is 13.4. The molecule has 0 aromatic heterocycles. The summed E-state index contributed by atoms with van der Waals surface area (Å²) in [7, 11) is 0. The first-order valence-corrected chi connectivity index (χ1v) is 6.11. The normalized spacial score (nSPS) is 16.8. The lowest BCUT2D eigenvalue weighted by atomic mass is 9.99. The van der Waals surface area contributed by atoms with Crippen LogP contribution < -0.4 is 0 Å². The predicted octanol–water partition coefficient (Wildman–Crippen LogP) is 1.71. The largest absolute Gasteiger partial charge is 0.384 e. The highest BCUT2D eigenvalue weighted by molar-refractivity contribution is 9.10. The molecule has 1 aromatic rings. The van der Waals surface area contributed by atoms with E-state index in [1.54, 1.807) is 4.90 Å². The molecule has 0 spiro atoms. The number of carbonyl (C=O) groups excluding carboxylic acids is 1. The summed E-state index contributed by atoms with van der Waals surface area (Å²) in [6.45, 7) is 2.80.